The number of hydrogen-bond acceptors (Lipinski definition) is 1. The van der Waals surface area contributed by atoms with Gasteiger partial charge in [0.1, 0.15) is 0 Å². The Morgan fingerprint density at radius 1 is 0.895 bits per heavy atom. The highest BCUT2D eigenvalue weighted by Crippen LogP contribution is 2.29. The third kappa shape index (κ3) is 2.69. The zero-order valence-electron chi connectivity index (χ0n) is 10.5. The van der Waals surface area contributed by atoms with E-state index in [1.165, 1.54) is 21.9 Å². The van der Waals surface area contributed by atoms with Crippen molar-refractivity contribution in [1.82, 2.24) is 4.98 Å². The molecule has 19 heavy (non-hydrogen) atoms. The van der Waals surface area contributed by atoms with Crippen LogP contribution in [0.1, 0.15) is 16.0 Å². The molecule has 1 aromatic heterocycles. The highest BCUT2D eigenvalue weighted by Gasteiger charge is 2.10. The summed E-state index contributed by atoms with van der Waals surface area (Å²) in [6, 6.07) is 19.2. The van der Waals surface area contributed by atoms with Crippen LogP contribution in [-0.4, -0.2) is 4.98 Å². The highest BCUT2D eigenvalue weighted by atomic mass is 79.9. The maximum absolute atomic E-state index is 4.06. The minimum Gasteiger partial charge on any atom is -0.265 e. The Labute approximate surface area is 121 Å². The van der Waals surface area contributed by atoms with Crippen molar-refractivity contribution in [2.75, 3.05) is 0 Å². The predicted molar refractivity (Wildman–Crippen MR) is 83.6 cm³/mol. The molecule has 0 saturated heterocycles. The molecule has 0 amide bonds. The summed E-state index contributed by atoms with van der Waals surface area (Å²) in [5, 5.41) is 2.64. The molecule has 2 heteroatoms. The molecule has 0 N–H and O–H groups in total. The summed E-state index contributed by atoms with van der Waals surface area (Å²) < 4.78 is 0. The van der Waals surface area contributed by atoms with Crippen molar-refractivity contribution in [2.24, 2.45) is 0 Å². The third-order valence-corrected chi connectivity index (χ3v) is 4.20. The first-order chi connectivity index (χ1) is 9.34. The maximum Gasteiger partial charge on any atom is 0.0436 e. The van der Waals surface area contributed by atoms with E-state index in [1.54, 1.807) is 0 Å². The van der Waals surface area contributed by atoms with Gasteiger partial charge in [0.2, 0.25) is 0 Å². The van der Waals surface area contributed by atoms with Crippen molar-refractivity contribution in [1.29, 1.82) is 0 Å². The molecule has 1 heterocycles. The van der Waals surface area contributed by atoms with Gasteiger partial charge in [0.05, 0.1) is 0 Å². The Kier molecular flexibility index (Phi) is 3.60. The minimum absolute atomic E-state index is 0.321. The van der Waals surface area contributed by atoms with Crippen LogP contribution in [0, 0.1) is 0 Å². The van der Waals surface area contributed by atoms with Gasteiger partial charge in [0.25, 0.3) is 0 Å². The van der Waals surface area contributed by atoms with Gasteiger partial charge in [-0.2, -0.15) is 0 Å². The molecule has 0 radical (unpaired) electrons. The Morgan fingerprint density at radius 2 is 1.63 bits per heavy atom. The number of pyridine rings is 1. The van der Waals surface area contributed by atoms with Crippen LogP contribution in [0.4, 0.5) is 0 Å². The van der Waals surface area contributed by atoms with Crippen molar-refractivity contribution in [3.05, 3.63) is 78.1 Å². The molecule has 2 aromatic carbocycles. The van der Waals surface area contributed by atoms with Gasteiger partial charge in [0, 0.05) is 17.2 Å². The number of aromatic nitrogens is 1. The summed E-state index contributed by atoms with van der Waals surface area (Å²) in [6.45, 7) is 0. The van der Waals surface area contributed by atoms with E-state index in [4.69, 9.17) is 0 Å². The van der Waals surface area contributed by atoms with E-state index in [9.17, 15) is 0 Å². The van der Waals surface area contributed by atoms with Crippen LogP contribution in [0.5, 0.6) is 0 Å². The topological polar surface area (TPSA) is 12.9 Å². The fourth-order valence-corrected chi connectivity index (χ4v) is 3.01. The Hall–Kier alpha value is -1.67. The second-order valence-electron chi connectivity index (χ2n) is 4.59. The summed E-state index contributed by atoms with van der Waals surface area (Å²) >= 11 is 3.78. The molecule has 0 aliphatic carbocycles. The van der Waals surface area contributed by atoms with Crippen molar-refractivity contribution in [2.45, 2.75) is 11.2 Å². The number of nitrogens with zero attached hydrogens (tertiary/aromatic N) is 1. The smallest absolute Gasteiger partial charge is 0.0436 e. The molecular formula is C17H14BrN. The van der Waals surface area contributed by atoms with Crippen LogP contribution in [0.3, 0.4) is 0 Å². The Morgan fingerprint density at radius 3 is 2.47 bits per heavy atom. The molecule has 0 fully saturated rings. The Bertz CT molecular complexity index is 674. The lowest BCUT2D eigenvalue weighted by molar-refractivity contribution is 0.952. The normalized spacial score (nSPS) is 12.5. The summed E-state index contributed by atoms with van der Waals surface area (Å²) in [4.78, 5) is 4.38. The Balaban J connectivity index is 1.94. The van der Waals surface area contributed by atoms with Gasteiger partial charge in [-0.05, 0) is 40.5 Å². The quantitative estimate of drug-likeness (QED) is 0.626. The first-order valence-corrected chi connectivity index (χ1v) is 7.27. The largest absolute Gasteiger partial charge is 0.265 e. The van der Waals surface area contributed by atoms with Gasteiger partial charge in [0.15, 0.2) is 0 Å². The minimum atomic E-state index is 0.321. The van der Waals surface area contributed by atoms with Gasteiger partial charge in [-0.25, -0.2) is 0 Å². The van der Waals surface area contributed by atoms with Crippen molar-refractivity contribution in [3.63, 3.8) is 0 Å². The molecule has 0 aliphatic rings. The van der Waals surface area contributed by atoms with Crippen molar-refractivity contribution in [3.8, 4) is 0 Å². The monoisotopic (exact) mass is 311 g/mol. The van der Waals surface area contributed by atoms with E-state index < -0.39 is 0 Å². The number of alkyl halides is 1. The third-order valence-electron chi connectivity index (χ3n) is 3.35. The molecular weight excluding hydrogens is 298 g/mol. The van der Waals surface area contributed by atoms with E-state index in [1.807, 2.05) is 12.4 Å². The standard InChI is InChI=1S/C17H14BrN/c18-17(14-8-10-19-11-9-14)12-15-6-3-5-13-4-1-2-7-16(13)15/h1-11,17H,12H2. The van der Waals surface area contributed by atoms with Crippen LogP contribution >= 0.6 is 15.9 Å². The summed E-state index contributed by atoms with van der Waals surface area (Å²) in [6.07, 6.45) is 4.66. The van der Waals surface area contributed by atoms with Gasteiger partial charge < -0.3 is 0 Å². The van der Waals surface area contributed by atoms with E-state index in [-0.39, 0.29) is 0 Å². The molecule has 94 valence electrons. The molecule has 1 unspecified atom stereocenters. The van der Waals surface area contributed by atoms with Crippen molar-refractivity contribution < 1.29 is 0 Å². The average Bonchev–Trinajstić information content (AvgIpc) is 2.48. The lowest BCUT2D eigenvalue weighted by atomic mass is 9.99. The molecule has 3 aromatic rings. The van der Waals surface area contributed by atoms with Gasteiger partial charge in [-0.15, -0.1) is 0 Å². The summed E-state index contributed by atoms with van der Waals surface area (Å²) in [7, 11) is 0. The number of fused-ring (bicyclic) bond motifs is 1. The van der Waals surface area contributed by atoms with Gasteiger partial charge in [-0.3, -0.25) is 4.98 Å². The number of hydrogen-bond donors (Lipinski definition) is 0. The SMILES string of the molecule is BrC(Cc1cccc2ccccc12)c1ccncc1. The fraction of sp³-hybridized carbons (Fsp3) is 0.118. The first kappa shape index (κ1) is 12.4. The van der Waals surface area contributed by atoms with Crippen LogP contribution < -0.4 is 0 Å². The van der Waals surface area contributed by atoms with Crippen molar-refractivity contribution >= 4 is 26.7 Å². The van der Waals surface area contributed by atoms with Gasteiger partial charge in [-0.1, -0.05) is 58.4 Å². The average molecular weight is 312 g/mol. The van der Waals surface area contributed by atoms with Crippen LogP contribution in [0.15, 0.2) is 67.0 Å². The molecule has 0 saturated carbocycles. The number of halogens is 1. The lowest BCUT2D eigenvalue weighted by Crippen LogP contribution is -1.96. The highest BCUT2D eigenvalue weighted by molar-refractivity contribution is 9.09. The summed E-state index contributed by atoms with van der Waals surface area (Å²) in [5.41, 5.74) is 2.64. The second-order valence-corrected chi connectivity index (χ2v) is 5.70. The van der Waals surface area contributed by atoms with E-state index in [0.29, 0.717) is 4.83 Å². The number of benzene rings is 2. The summed E-state index contributed by atoms with van der Waals surface area (Å²) in [5.74, 6) is 0. The molecule has 0 spiro atoms. The molecule has 3 rings (SSSR count). The van der Waals surface area contributed by atoms with E-state index in [2.05, 4.69) is 75.5 Å². The molecule has 0 bridgehead atoms. The van der Waals surface area contributed by atoms with Gasteiger partial charge >= 0.3 is 0 Å². The zero-order valence-corrected chi connectivity index (χ0v) is 12.0. The second kappa shape index (κ2) is 5.54. The van der Waals surface area contributed by atoms with Crippen LogP contribution in [0.2, 0.25) is 0 Å². The zero-order chi connectivity index (χ0) is 13.1. The maximum atomic E-state index is 4.06. The fourth-order valence-electron chi connectivity index (χ4n) is 2.35. The molecule has 1 nitrogen and oxygen atoms in total. The number of rotatable bonds is 3. The van der Waals surface area contributed by atoms with Crippen LogP contribution in [-0.2, 0) is 6.42 Å². The van der Waals surface area contributed by atoms with E-state index in [0.717, 1.165) is 6.42 Å². The lowest BCUT2D eigenvalue weighted by Gasteiger charge is -2.12. The predicted octanol–water partition coefficient (Wildman–Crippen LogP) is 4.91. The molecule has 0 aliphatic heterocycles. The first-order valence-electron chi connectivity index (χ1n) is 6.35. The van der Waals surface area contributed by atoms with E-state index >= 15 is 0 Å². The van der Waals surface area contributed by atoms with Crippen LogP contribution in [0.25, 0.3) is 10.8 Å². The molecule has 1 atom stereocenters.